The van der Waals surface area contributed by atoms with Crippen molar-refractivity contribution in [3.8, 4) is 0 Å². The van der Waals surface area contributed by atoms with E-state index in [-0.39, 0.29) is 5.91 Å². The molecule has 0 bridgehead atoms. The fourth-order valence-electron chi connectivity index (χ4n) is 1.69. The van der Waals surface area contributed by atoms with E-state index >= 15 is 0 Å². The second kappa shape index (κ2) is 8.53. The van der Waals surface area contributed by atoms with E-state index in [0.29, 0.717) is 6.42 Å². The number of ether oxygens (including phenoxy) is 1. The van der Waals surface area contributed by atoms with Crippen LogP contribution in [0.1, 0.15) is 24.8 Å². The normalized spacial score (nSPS) is 10.3. The maximum absolute atomic E-state index is 11.6. The summed E-state index contributed by atoms with van der Waals surface area (Å²) < 4.78 is 4.94. The molecule has 0 heterocycles. The van der Waals surface area contributed by atoms with Gasteiger partial charge in [-0.05, 0) is 37.0 Å². The Labute approximate surface area is 109 Å². The van der Waals surface area contributed by atoms with Crippen molar-refractivity contribution in [3.63, 3.8) is 0 Å². The van der Waals surface area contributed by atoms with E-state index in [0.717, 1.165) is 43.7 Å². The quantitative estimate of drug-likeness (QED) is 0.545. The summed E-state index contributed by atoms with van der Waals surface area (Å²) in [6.07, 6.45) is 3.17. The second-order valence-electron chi connectivity index (χ2n) is 4.29. The molecule has 0 unspecified atom stereocenters. The van der Waals surface area contributed by atoms with Gasteiger partial charge in [-0.2, -0.15) is 0 Å². The lowest BCUT2D eigenvalue weighted by Gasteiger charge is -2.05. The largest absolute Gasteiger partial charge is 0.399 e. The Bertz CT molecular complexity index is 367. The van der Waals surface area contributed by atoms with Crippen LogP contribution in [0.4, 0.5) is 5.69 Å². The molecular weight excluding hydrogens is 228 g/mol. The predicted molar refractivity (Wildman–Crippen MR) is 73.3 cm³/mol. The third-order valence-corrected chi connectivity index (χ3v) is 2.69. The summed E-state index contributed by atoms with van der Waals surface area (Å²) in [5, 5.41) is 2.90. The first-order valence-corrected chi connectivity index (χ1v) is 6.32. The highest BCUT2D eigenvalue weighted by Crippen LogP contribution is 2.08. The van der Waals surface area contributed by atoms with E-state index in [1.165, 1.54) is 0 Å². The average molecular weight is 250 g/mol. The molecule has 0 spiro atoms. The van der Waals surface area contributed by atoms with Crippen LogP contribution in [0.2, 0.25) is 0 Å². The molecule has 1 amide bonds. The molecule has 0 atom stereocenters. The summed E-state index contributed by atoms with van der Waals surface area (Å²) in [5.74, 6) is 0.0924. The third-order valence-electron chi connectivity index (χ3n) is 2.69. The monoisotopic (exact) mass is 250 g/mol. The number of anilines is 1. The van der Waals surface area contributed by atoms with Crippen LogP contribution in [0, 0.1) is 0 Å². The number of hydrogen-bond acceptors (Lipinski definition) is 3. The molecule has 1 aromatic carbocycles. The van der Waals surface area contributed by atoms with Gasteiger partial charge in [-0.1, -0.05) is 12.1 Å². The fourth-order valence-corrected chi connectivity index (χ4v) is 1.69. The molecule has 0 aromatic heterocycles. The van der Waals surface area contributed by atoms with Crippen LogP contribution >= 0.6 is 0 Å². The molecule has 100 valence electrons. The Morgan fingerprint density at radius 2 is 2.22 bits per heavy atom. The molecule has 0 saturated heterocycles. The van der Waals surface area contributed by atoms with E-state index in [2.05, 4.69) is 5.32 Å². The molecule has 0 saturated carbocycles. The van der Waals surface area contributed by atoms with E-state index in [1.807, 2.05) is 24.3 Å². The summed E-state index contributed by atoms with van der Waals surface area (Å²) in [4.78, 5) is 11.6. The summed E-state index contributed by atoms with van der Waals surface area (Å²) in [7, 11) is 1.68. The van der Waals surface area contributed by atoms with Gasteiger partial charge in [0.2, 0.25) is 5.91 Å². The molecule has 18 heavy (non-hydrogen) atoms. The van der Waals surface area contributed by atoms with E-state index in [9.17, 15) is 4.79 Å². The first kappa shape index (κ1) is 14.5. The second-order valence-corrected chi connectivity index (χ2v) is 4.29. The zero-order valence-corrected chi connectivity index (χ0v) is 10.9. The molecule has 1 aromatic rings. The first-order chi connectivity index (χ1) is 8.72. The summed E-state index contributed by atoms with van der Waals surface area (Å²) in [5.41, 5.74) is 7.52. The Balaban J connectivity index is 2.13. The number of amides is 1. The van der Waals surface area contributed by atoms with Crippen molar-refractivity contribution in [1.29, 1.82) is 0 Å². The lowest BCUT2D eigenvalue weighted by atomic mass is 10.1. The number of rotatable bonds is 8. The van der Waals surface area contributed by atoms with Crippen LogP contribution in [0.25, 0.3) is 0 Å². The Morgan fingerprint density at radius 3 is 2.94 bits per heavy atom. The molecule has 0 aliphatic carbocycles. The minimum Gasteiger partial charge on any atom is -0.399 e. The lowest BCUT2D eigenvalue weighted by molar-refractivity contribution is -0.121. The minimum atomic E-state index is 0.0924. The van der Waals surface area contributed by atoms with Crippen molar-refractivity contribution < 1.29 is 9.53 Å². The van der Waals surface area contributed by atoms with Crippen LogP contribution < -0.4 is 11.1 Å². The average Bonchev–Trinajstić information content (AvgIpc) is 2.36. The van der Waals surface area contributed by atoms with Crippen LogP contribution in [-0.4, -0.2) is 26.2 Å². The van der Waals surface area contributed by atoms with Crippen molar-refractivity contribution in [2.24, 2.45) is 0 Å². The minimum absolute atomic E-state index is 0.0924. The van der Waals surface area contributed by atoms with E-state index in [4.69, 9.17) is 10.5 Å². The number of nitrogens with one attached hydrogen (secondary N) is 1. The molecule has 4 nitrogen and oxygen atoms in total. The van der Waals surface area contributed by atoms with E-state index < -0.39 is 0 Å². The molecule has 0 fully saturated rings. The molecule has 4 heteroatoms. The molecule has 0 aliphatic heterocycles. The number of aryl methyl sites for hydroxylation is 1. The summed E-state index contributed by atoms with van der Waals surface area (Å²) >= 11 is 0. The Morgan fingerprint density at radius 1 is 1.39 bits per heavy atom. The molecule has 0 aliphatic rings. The maximum Gasteiger partial charge on any atom is 0.220 e. The highest BCUT2D eigenvalue weighted by Gasteiger charge is 2.01. The number of carbonyl (C=O) groups excluding carboxylic acids is 1. The van der Waals surface area contributed by atoms with Crippen molar-refractivity contribution in [3.05, 3.63) is 29.8 Å². The van der Waals surface area contributed by atoms with Gasteiger partial charge in [0.25, 0.3) is 0 Å². The number of nitrogen functional groups attached to an aromatic ring is 1. The van der Waals surface area contributed by atoms with Gasteiger partial charge in [0, 0.05) is 32.4 Å². The number of carbonyl (C=O) groups is 1. The topological polar surface area (TPSA) is 64.3 Å². The van der Waals surface area contributed by atoms with Gasteiger partial charge in [-0.15, -0.1) is 0 Å². The van der Waals surface area contributed by atoms with Crippen molar-refractivity contribution in [2.45, 2.75) is 25.7 Å². The maximum atomic E-state index is 11.6. The van der Waals surface area contributed by atoms with Crippen LogP contribution in [0.3, 0.4) is 0 Å². The zero-order chi connectivity index (χ0) is 13.2. The lowest BCUT2D eigenvalue weighted by Crippen LogP contribution is -2.24. The van der Waals surface area contributed by atoms with E-state index in [1.54, 1.807) is 7.11 Å². The smallest absolute Gasteiger partial charge is 0.220 e. The van der Waals surface area contributed by atoms with Crippen LogP contribution in [-0.2, 0) is 16.0 Å². The highest BCUT2D eigenvalue weighted by atomic mass is 16.5. The zero-order valence-electron chi connectivity index (χ0n) is 10.9. The van der Waals surface area contributed by atoms with Gasteiger partial charge in [0.15, 0.2) is 0 Å². The number of nitrogens with two attached hydrogens (primary N) is 1. The van der Waals surface area contributed by atoms with Crippen LogP contribution in [0.5, 0.6) is 0 Å². The standard InChI is InChI=1S/C14H22N2O2/c1-18-10-3-2-9-16-14(17)8-7-12-5-4-6-13(15)11-12/h4-6,11H,2-3,7-10,15H2,1H3,(H,16,17). The first-order valence-electron chi connectivity index (χ1n) is 6.32. The fraction of sp³-hybridized carbons (Fsp3) is 0.500. The summed E-state index contributed by atoms with van der Waals surface area (Å²) in [6.45, 7) is 1.47. The Kier molecular flexibility index (Phi) is 6.87. The van der Waals surface area contributed by atoms with Gasteiger partial charge >= 0.3 is 0 Å². The third kappa shape index (κ3) is 6.25. The number of methoxy groups -OCH3 is 1. The molecule has 3 N–H and O–H groups in total. The molecular formula is C14H22N2O2. The highest BCUT2D eigenvalue weighted by molar-refractivity contribution is 5.76. The van der Waals surface area contributed by atoms with Crippen molar-refractivity contribution >= 4 is 11.6 Å². The molecule has 0 radical (unpaired) electrons. The summed E-state index contributed by atoms with van der Waals surface area (Å²) in [6, 6.07) is 7.65. The SMILES string of the molecule is COCCCCNC(=O)CCc1cccc(N)c1. The molecule has 1 rings (SSSR count). The van der Waals surface area contributed by atoms with Crippen molar-refractivity contribution in [1.82, 2.24) is 5.32 Å². The van der Waals surface area contributed by atoms with Crippen molar-refractivity contribution in [2.75, 3.05) is 26.0 Å². The number of hydrogen-bond donors (Lipinski definition) is 2. The number of benzene rings is 1. The van der Waals surface area contributed by atoms with Crippen LogP contribution in [0.15, 0.2) is 24.3 Å². The van der Waals surface area contributed by atoms with Gasteiger partial charge in [-0.3, -0.25) is 4.79 Å². The van der Waals surface area contributed by atoms with Gasteiger partial charge in [0.05, 0.1) is 0 Å². The predicted octanol–water partition coefficient (Wildman–Crippen LogP) is 1.74. The van der Waals surface area contributed by atoms with Gasteiger partial charge < -0.3 is 15.8 Å². The van der Waals surface area contributed by atoms with Gasteiger partial charge in [-0.25, -0.2) is 0 Å². The van der Waals surface area contributed by atoms with Gasteiger partial charge in [0.1, 0.15) is 0 Å². The number of unbranched alkanes of at least 4 members (excludes halogenated alkanes) is 1. The Hall–Kier alpha value is -1.55.